The van der Waals surface area contributed by atoms with Gasteiger partial charge in [0.1, 0.15) is 0 Å². The number of aliphatic imine (C=N–C) groups is 1. The topological polar surface area (TPSA) is 67.5 Å². The predicted octanol–water partition coefficient (Wildman–Crippen LogP) is 5.27. The minimum atomic E-state index is -0.387. The molecule has 1 atom stereocenters. The van der Waals surface area contributed by atoms with Gasteiger partial charge in [0.25, 0.3) is 5.69 Å². The zero-order valence-corrected chi connectivity index (χ0v) is 14.0. The fraction of sp³-hybridized carbons (Fsp3) is 0.0952. The predicted molar refractivity (Wildman–Crippen MR) is 103 cm³/mol. The minimum absolute atomic E-state index is 0.0776. The van der Waals surface area contributed by atoms with Gasteiger partial charge in [0.15, 0.2) is 0 Å². The second-order valence-electron chi connectivity index (χ2n) is 6.19. The molecule has 0 aliphatic carbocycles. The maximum Gasteiger partial charge on any atom is 0.269 e. The van der Waals surface area contributed by atoms with E-state index in [0.717, 1.165) is 22.6 Å². The van der Waals surface area contributed by atoms with Gasteiger partial charge < -0.3 is 5.32 Å². The van der Waals surface area contributed by atoms with Crippen LogP contribution in [-0.2, 0) is 0 Å². The standard InChI is InChI=1S/C21H17N3O2/c25-24(26)17-12-10-16(11-13-17)21-14-20(15-6-2-1-3-7-15)22-18-8-4-5-9-19(18)23-21/h1-13,20,22H,14H2/t20-/m1/s1. The van der Waals surface area contributed by atoms with Crippen molar-refractivity contribution in [2.24, 2.45) is 4.99 Å². The summed E-state index contributed by atoms with van der Waals surface area (Å²) < 4.78 is 0. The Morgan fingerprint density at radius 3 is 2.35 bits per heavy atom. The van der Waals surface area contributed by atoms with Crippen LogP contribution in [0.2, 0.25) is 0 Å². The van der Waals surface area contributed by atoms with Gasteiger partial charge in [-0.05, 0) is 35.4 Å². The average molecular weight is 343 g/mol. The summed E-state index contributed by atoms with van der Waals surface area (Å²) in [4.78, 5) is 15.4. The van der Waals surface area contributed by atoms with Crippen LogP contribution in [-0.4, -0.2) is 10.6 Å². The van der Waals surface area contributed by atoms with E-state index in [4.69, 9.17) is 4.99 Å². The fourth-order valence-corrected chi connectivity index (χ4v) is 3.16. The Balaban J connectivity index is 1.77. The van der Waals surface area contributed by atoms with Gasteiger partial charge in [-0.1, -0.05) is 42.5 Å². The summed E-state index contributed by atoms with van der Waals surface area (Å²) in [5, 5.41) is 14.5. The summed E-state index contributed by atoms with van der Waals surface area (Å²) in [6, 6.07) is 24.9. The summed E-state index contributed by atoms with van der Waals surface area (Å²) in [5.41, 5.74) is 4.93. The number of anilines is 1. The molecule has 128 valence electrons. The number of nitro benzene ring substituents is 1. The highest BCUT2D eigenvalue weighted by atomic mass is 16.6. The van der Waals surface area contributed by atoms with E-state index < -0.39 is 0 Å². The number of benzene rings is 3. The van der Waals surface area contributed by atoms with Gasteiger partial charge in [0.2, 0.25) is 0 Å². The Labute approximate surface area is 151 Å². The van der Waals surface area contributed by atoms with Gasteiger partial charge in [-0.2, -0.15) is 0 Å². The first-order valence-corrected chi connectivity index (χ1v) is 8.43. The molecule has 0 unspecified atom stereocenters. The molecule has 0 saturated carbocycles. The van der Waals surface area contributed by atoms with Gasteiger partial charge in [-0.15, -0.1) is 0 Å². The SMILES string of the molecule is O=[N+]([O-])c1ccc(C2=Nc3ccccc3N[C@@H](c3ccccc3)C2)cc1. The van der Waals surface area contributed by atoms with Crippen molar-refractivity contribution < 1.29 is 4.92 Å². The van der Waals surface area contributed by atoms with E-state index in [1.807, 2.05) is 42.5 Å². The molecular weight excluding hydrogens is 326 g/mol. The molecule has 3 aromatic rings. The number of para-hydroxylation sites is 2. The number of fused-ring (bicyclic) bond motifs is 1. The van der Waals surface area contributed by atoms with Gasteiger partial charge in [0, 0.05) is 18.6 Å². The highest BCUT2D eigenvalue weighted by molar-refractivity contribution is 6.04. The molecule has 0 saturated heterocycles. The summed E-state index contributed by atoms with van der Waals surface area (Å²) in [6.07, 6.45) is 0.691. The quantitative estimate of drug-likeness (QED) is 0.520. The number of nitrogens with one attached hydrogen (secondary N) is 1. The third-order valence-corrected chi connectivity index (χ3v) is 4.50. The van der Waals surface area contributed by atoms with Crippen LogP contribution in [0.25, 0.3) is 0 Å². The van der Waals surface area contributed by atoms with Gasteiger partial charge in [-0.25, -0.2) is 0 Å². The van der Waals surface area contributed by atoms with E-state index in [1.165, 1.54) is 17.7 Å². The molecule has 0 fully saturated rings. The third-order valence-electron chi connectivity index (χ3n) is 4.50. The molecule has 1 N–H and O–H groups in total. The monoisotopic (exact) mass is 343 g/mol. The van der Waals surface area contributed by atoms with E-state index in [-0.39, 0.29) is 16.7 Å². The van der Waals surface area contributed by atoms with Crippen LogP contribution in [0.5, 0.6) is 0 Å². The Morgan fingerprint density at radius 1 is 0.923 bits per heavy atom. The van der Waals surface area contributed by atoms with E-state index in [1.54, 1.807) is 12.1 Å². The molecule has 1 aliphatic rings. The molecule has 0 aromatic heterocycles. The summed E-state index contributed by atoms with van der Waals surface area (Å²) in [6.45, 7) is 0. The van der Waals surface area contributed by atoms with Crippen molar-refractivity contribution in [2.75, 3.05) is 5.32 Å². The Hall–Kier alpha value is -3.47. The molecule has 0 spiro atoms. The number of nitrogens with zero attached hydrogens (tertiary/aromatic N) is 2. The molecule has 5 heteroatoms. The second kappa shape index (κ2) is 6.80. The Kier molecular flexibility index (Phi) is 4.19. The third kappa shape index (κ3) is 3.19. The number of nitro groups is 1. The lowest BCUT2D eigenvalue weighted by Gasteiger charge is -2.19. The van der Waals surface area contributed by atoms with Crippen LogP contribution in [0.1, 0.15) is 23.6 Å². The lowest BCUT2D eigenvalue weighted by atomic mass is 9.97. The van der Waals surface area contributed by atoms with Crippen molar-refractivity contribution in [3.63, 3.8) is 0 Å². The van der Waals surface area contributed by atoms with Crippen molar-refractivity contribution in [2.45, 2.75) is 12.5 Å². The number of non-ortho nitro benzene ring substituents is 1. The Morgan fingerprint density at radius 2 is 1.62 bits per heavy atom. The summed E-state index contributed by atoms with van der Waals surface area (Å²) >= 11 is 0. The van der Waals surface area contributed by atoms with Crippen molar-refractivity contribution in [3.8, 4) is 0 Å². The highest BCUT2D eigenvalue weighted by Crippen LogP contribution is 2.35. The molecule has 0 amide bonds. The molecule has 1 heterocycles. The smallest absolute Gasteiger partial charge is 0.269 e. The lowest BCUT2D eigenvalue weighted by molar-refractivity contribution is -0.384. The van der Waals surface area contributed by atoms with E-state index >= 15 is 0 Å². The van der Waals surface area contributed by atoms with Crippen molar-refractivity contribution in [3.05, 3.63) is 100 Å². The van der Waals surface area contributed by atoms with Gasteiger partial charge in [-0.3, -0.25) is 15.1 Å². The van der Waals surface area contributed by atoms with Crippen LogP contribution in [0.15, 0.2) is 83.9 Å². The Bertz CT molecular complexity index is 966. The lowest BCUT2D eigenvalue weighted by Crippen LogP contribution is -2.14. The fourth-order valence-electron chi connectivity index (χ4n) is 3.16. The van der Waals surface area contributed by atoms with Crippen LogP contribution < -0.4 is 5.32 Å². The van der Waals surface area contributed by atoms with Crippen LogP contribution in [0.3, 0.4) is 0 Å². The average Bonchev–Trinajstić information content (AvgIpc) is 2.88. The number of rotatable bonds is 3. The summed E-state index contributed by atoms with van der Waals surface area (Å²) in [5.74, 6) is 0. The molecule has 5 nitrogen and oxygen atoms in total. The first-order chi connectivity index (χ1) is 12.7. The summed E-state index contributed by atoms with van der Waals surface area (Å²) in [7, 11) is 0. The van der Waals surface area contributed by atoms with E-state index in [0.29, 0.717) is 6.42 Å². The first kappa shape index (κ1) is 16.0. The largest absolute Gasteiger partial charge is 0.376 e. The van der Waals surface area contributed by atoms with E-state index in [9.17, 15) is 10.1 Å². The number of hydrogen-bond donors (Lipinski definition) is 1. The van der Waals surface area contributed by atoms with Crippen molar-refractivity contribution >= 4 is 22.8 Å². The van der Waals surface area contributed by atoms with Crippen LogP contribution >= 0.6 is 0 Å². The molecule has 4 rings (SSSR count). The molecule has 3 aromatic carbocycles. The van der Waals surface area contributed by atoms with Crippen LogP contribution in [0, 0.1) is 10.1 Å². The van der Waals surface area contributed by atoms with Gasteiger partial charge in [0.05, 0.1) is 28.1 Å². The maximum absolute atomic E-state index is 10.9. The molecule has 26 heavy (non-hydrogen) atoms. The molecule has 1 aliphatic heterocycles. The first-order valence-electron chi connectivity index (χ1n) is 8.43. The van der Waals surface area contributed by atoms with Crippen LogP contribution in [0.4, 0.5) is 17.1 Å². The van der Waals surface area contributed by atoms with Gasteiger partial charge >= 0.3 is 0 Å². The van der Waals surface area contributed by atoms with Crippen molar-refractivity contribution in [1.29, 1.82) is 0 Å². The second-order valence-corrected chi connectivity index (χ2v) is 6.19. The molecule has 0 radical (unpaired) electrons. The zero-order valence-electron chi connectivity index (χ0n) is 14.0. The molecule has 0 bridgehead atoms. The molecular formula is C21H17N3O2. The normalized spacial score (nSPS) is 16.0. The van der Waals surface area contributed by atoms with Crippen molar-refractivity contribution in [1.82, 2.24) is 0 Å². The van der Waals surface area contributed by atoms with E-state index in [2.05, 4.69) is 17.4 Å². The maximum atomic E-state index is 10.9. The zero-order chi connectivity index (χ0) is 17.9. The number of hydrogen-bond acceptors (Lipinski definition) is 4. The minimum Gasteiger partial charge on any atom is -0.376 e. The highest BCUT2D eigenvalue weighted by Gasteiger charge is 2.21.